The molecule has 0 aliphatic carbocycles. The summed E-state index contributed by atoms with van der Waals surface area (Å²) < 4.78 is 19.9. The average Bonchev–Trinajstić information content (AvgIpc) is 2.57. The smallest absolute Gasteiger partial charge is 0.149 e. The lowest BCUT2D eigenvalue weighted by molar-refractivity contribution is 0.413. The van der Waals surface area contributed by atoms with E-state index in [1.807, 2.05) is 0 Å². The van der Waals surface area contributed by atoms with Crippen molar-refractivity contribution in [3.05, 3.63) is 53.3 Å². The van der Waals surface area contributed by atoms with E-state index < -0.39 is 5.82 Å². The van der Waals surface area contributed by atoms with E-state index in [1.54, 1.807) is 37.7 Å². The lowest BCUT2D eigenvalue weighted by Crippen LogP contribution is -1.99. The van der Waals surface area contributed by atoms with Crippen LogP contribution in [0.25, 0.3) is 22.4 Å². The normalized spacial score (nSPS) is 10.6. The third-order valence-corrected chi connectivity index (χ3v) is 3.92. The molecule has 3 aromatic rings. The SMILES string of the molecule is COc1cncc(-c2nc(N)c(Br)cc2-c2ccncc2F)c1. The van der Waals surface area contributed by atoms with E-state index >= 15 is 0 Å². The molecule has 5 nitrogen and oxygen atoms in total. The van der Waals surface area contributed by atoms with Gasteiger partial charge in [-0.05, 0) is 34.1 Å². The summed E-state index contributed by atoms with van der Waals surface area (Å²) in [5.41, 5.74) is 8.05. The highest BCUT2D eigenvalue weighted by Crippen LogP contribution is 2.36. The van der Waals surface area contributed by atoms with Gasteiger partial charge in [-0.1, -0.05) is 0 Å². The summed E-state index contributed by atoms with van der Waals surface area (Å²) in [6.45, 7) is 0. The molecule has 0 fully saturated rings. The van der Waals surface area contributed by atoms with Gasteiger partial charge in [0.25, 0.3) is 0 Å². The Labute approximate surface area is 140 Å². The van der Waals surface area contributed by atoms with Crippen LogP contribution in [-0.2, 0) is 0 Å². The standard InChI is InChI=1S/C16H12BrFN4O/c1-23-10-4-9(6-21-7-10)15-12(5-13(17)16(19)22-15)11-2-3-20-8-14(11)18/h2-8H,1H3,(H2,19,22). The maximum absolute atomic E-state index is 14.2. The fraction of sp³-hybridized carbons (Fsp3) is 0.0625. The Kier molecular flexibility index (Phi) is 4.20. The largest absolute Gasteiger partial charge is 0.495 e. The predicted octanol–water partition coefficient (Wildman–Crippen LogP) is 3.70. The molecule has 3 heterocycles. The first-order valence-electron chi connectivity index (χ1n) is 6.65. The van der Waals surface area contributed by atoms with Gasteiger partial charge >= 0.3 is 0 Å². The van der Waals surface area contributed by atoms with Crippen LogP contribution in [0.1, 0.15) is 0 Å². The highest BCUT2D eigenvalue weighted by Gasteiger charge is 2.16. The molecule has 7 heteroatoms. The van der Waals surface area contributed by atoms with Gasteiger partial charge in [0.1, 0.15) is 17.4 Å². The van der Waals surface area contributed by atoms with Crippen LogP contribution in [0.3, 0.4) is 0 Å². The summed E-state index contributed by atoms with van der Waals surface area (Å²) in [5, 5.41) is 0. The van der Waals surface area contributed by atoms with Gasteiger partial charge in [-0.25, -0.2) is 9.37 Å². The molecule has 3 rings (SSSR count). The summed E-state index contributed by atoms with van der Waals surface area (Å²) in [6, 6.07) is 5.09. The lowest BCUT2D eigenvalue weighted by Gasteiger charge is -2.12. The number of ether oxygens (including phenoxy) is 1. The van der Waals surface area contributed by atoms with Crippen LogP contribution >= 0.6 is 15.9 Å². The summed E-state index contributed by atoms with van der Waals surface area (Å²) in [6.07, 6.45) is 5.89. The number of hydrogen-bond acceptors (Lipinski definition) is 5. The Morgan fingerprint density at radius 3 is 2.70 bits per heavy atom. The number of nitrogen functional groups attached to an aromatic ring is 1. The molecule has 0 bridgehead atoms. The van der Waals surface area contributed by atoms with Gasteiger partial charge in [-0.3, -0.25) is 9.97 Å². The Bertz CT molecular complexity index is 872. The Morgan fingerprint density at radius 2 is 1.96 bits per heavy atom. The molecule has 3 aromatic heterocycles. The average molecular weight is 375 g/mol. The second-order valence-corrected chi connectivity index (χ2v) is 5.57. The molecule has 23 heavy (non-hydrogen) atoms. The van der Waals surface area contributed by atoms with E-state index in [0.29, 0.717) is 38.4 Å². The van der Waals surface area contributed by atoms with Crippen LogP contribution < -0.4 is 10.5 Å². The van der Waals surface area contributed by atoms with E-state index in [9.17, 15) is 4.39 Å². The molecule has 0 amide bonds. The zero-order valence-corrected chi connectivity index (χ0v) is 13.7. The number of aromatic nitrogens is 3. The fourth-order valence-corrected chi connectivity index (χ4v) is 2.50. The summed E-state index contributed by atoms with van der Waals surface area (Å²) >= 11 is 3.34. The van der Waals surface area contributed by atoms with Crippen molar-refractivity contribution < 1.29 is 9.13 Å². The van der Waals surface area contributed by atoms with Crippen molar-refractivity contribution in [2.75, 3.05) is 12.8 Å². The van der Waals surface area contributed by atoms with Crippen molar-refractivity contribution in [1.29, 1.82) is 0 Å². The van der Waals surface area contributed by atoms with Crippen molar-refractivity contribution >= 4 is 21.7 Å². The van der Waals surface area contributed by atoms with E-state index in [1.165, 1.54) is 6.20 Å². The molecule has 0 unspecified atom stereocenters. The molecule has 0 atom stereocenters. The fourth-order valence-electron chi connectivity index (χ4n) is 2.18. The van der Waals surface area contributed by atoms with E-state index in [0.717, 1.165) is 6.20 Å². The van der Waals surface area contributed by atoms with Crippen molar-refractivity contribution in [2.45, 2.75) is 0 Å². The monoisotopic (exact) mass is 374 g/mol. The van der Waals surface area contributed by atoms with Gasteiger partial charge in [0.15, 0.2) is 0 Å². The number of halogens is 2. The minimum Gasteiger partial charge on any atom is -0.495 e. The predicted molar refractivity (Wildman–Crippen MR) is 89.3 cm³/mol. The summed E-state index contributed by atoms with van der Waals surface area (Å²) in [5.74, 6) is 0.441. The van der Waals surface area contributed by atoms with Crippen molar-refractivity contribution in [3.63, 3.8) is 0 Å². The van der Waals surface area contributed by atoms with Gasteiger partial charge in [-0.15, -0.1) is 0 Å². The zero-order valence-electron chi connectivity index (χ0n) is 12.1. The number of anilines is 1. The molecule has 0 radical (unpaired) electrons. The maximum Gasteiger partial charge on any atom is 0.149 e. The molecule has 0 aliphatic heterocycles. The topological polar surface area (TPSA) is 73.9 Å². The Hall–Kier alpha value is -2.54. The molecular formula is C16H12BrFN4O. The van der Waals surface area contributed by atoms with Crippen molar-refractivity contribution in [3.8, 4) is 28.1 Å². The van der Waals surface area contributed by atoms with Crippen LogP contribution in [0.5, 0.6) is 5.75 Å². The van der Waals surface area contributed by atoms with Crippen LogP contribution in [0, 0.1) is 5.82 Å². The summed E-state index contributed by atoms with van der Waals surface area (Å²) in [4.78, 5) is 12.3. The molecule has 116 valence electrons. The van der Waals surface area contributed by atoms with Gasteiger partial charge < -0.3 is 10.5 Å². The number of hydrogen-bond donors (Lipinski definition) is 1. The van der Waals surface area contributed by atoms with Gasteiger partial charge in [0, 0.05) is 29.1 Å². The molecule has 0 aliphatic rings. The molecule has 0 saturated carbocycles. The zero-order chi connectivity index (χ0) is 16.4. The van der Waals surface area contributed by atoms with Crippen LogP contribution in [0.4, 0.5) is 10.2 Å². The van der Waals surface area contributed by atoms with E-state index in [-0.39, 0.29) is 0 Å². The maximum atomic E-state index is 14.2. The first-order valence-corrected chi connectivity index (χ1v) is 7.44. The van der Waals surface area contributed by atoms with Crippen molar-refractivity contribution in [2.24, 2.45) is 0 Å². The Morgan fingerprint density at radius 1 is 1.13 bits per heavy atom. The number of rotatable bonds is 3. The number of pyridine rings is 3. The number of nitrogens with two attached hydrogens (primary N) is 1. The second kappa shape index (κ2) is 6.29. The highest BCUT2D eigenvalue weighted by atomic mass is 79.9. The quantitative estimate of drug-likeness (QED) is 0.756. The van der Waals surface area contributed by atoms with Gasteiger partial charge in [-0.2, -0.15) is 0 Å². The first kappa shape index (κ1) is 15.4. The molecule has 0 saturated heterocycles. The van der Waals surface area contributed by atoms with Crippen LogP contribution in [-0.4, -0.2) is 22.1 Å². The molecule has 0 spiro atoms. The molecule has 2 N–H and O–H groups in total. The number of methoxy groups -OCH3 is 1. The van der Waals surface area contributed by atoms with Gasteiger partial charge in [0.05, 0.1) is 29.7 Å². The number of nitrogens with zero attached hydrogens (tertiary/aromatic N) is 3. The minimum atomic E-state index is -0.442. The van der Waals surface area contributed by atoms with Crippen molar-refractivity contribution in [1.82, 2.24) is 15.0 Å². The lowest BCUT2D eigenvalue weighted by atomic mass is 10.0. The van der Waals surface area contributed by atoms with Crippen LogP contribution in [0.2, 0.25) is 0 Å². The van der Waals surface area contributed by atoms with Crippen LogP contribution in [0.15, 0.2) is 47.5 Å². The summed E-state index contributed by atoms with van der Waals surface area (Å²) in [7, 11) is 1.55. The first-order chi connectivity index (χ1) is 11.1. The molecular weight excluding hydrogens is 363 g/mol. The second-order valence-electron chi connectivity index (χ2n) is 4.72. The Balaban J connectivity index is 2.27. The molecule has 0 aromatic carbocycles. The third kappa shape index (κ3) is 3.00. The third-order valence-electron chi connectivity index (χ3n) is 3.29. The van der Waals surface area contributed by atoms with E-state index in [4.69, 9.17) is 10.5 Å². The van der Waals surface area contributed by atoms with E-state index in [2.05, 4.69) is 30.9 Å². The highest BCUT2D eigenvalue weighted by molar-refractivity contribution is 9.10. The minimum absolute atomic E-state index is 0.307. The van der Waals surface area contributed by atoms with Gasteiger partial charge in [0.2, 0.25) is 0 Å².